The molecule has 0 spiro atoms. The zero-order valence-electron chi connectivity index (χ0n) is 39.0. The van der Waals surface area contributed by atoms with E-state index in [0.717, 1.165) is 70.6 Å². The lowest BCUT2D eigenvalue weighted by atomic mass is 10.0. The Hall–Kier alpha value is -2.71. The van der Waals surface area contributed by atoms with E-state index in [0.29, 0.717) is 19.3 Å². The van der Waals surface area contributed by atoms with E-state index in [2.05, 4.69) is 62.5 Å². The molecule has 0 heterocycles. The molecule has 2 atom stereocenters. The fourth-order valence-corrected chi connectivity index (χ4v) is 6.98. The molecule has 0 aromatic carbocycles. The minimum atomic E-state index is -0.876. The first-order valence-corrected chi connectivity index (χ1v) is 24.2. The number of allylic oxidation sites excluding steroid dienone is 8. The second-order valence-corrected chi connectivity index (χ2v) is 17.3. The third-order valence-corrected chi connectivity index (χ3v) is 10.7. The van der Waals surface area contributed by atoms with Crippen molar-refractivity contribution < 1.29 is 38.2 Å². The van der Waals surface area contributed by atoms with Gasteiger partial charge in [0.1, 0.15) is 6.61 Å². The Morgan fingerprint density at radius 3 is 1.42 bits per heavy atom. The molecule has 0 aromatic heterocycles. The molecular weight excluding hydrogens is 739 g/mol. The Morgan fingerprint density at radius 2 is 0.949 bits per heavy atom. The van der Waals surface area contributed by atoms with E-state index in [-0.39, 0.29) is 36.2 Å². The topological polar surface area (TPSA) is 99.1 Å². The Balaban J connectivity index is 4.18. The molecule has 0 aromatic rings. The van der Waals surface area contributed by atoms with E-state index >= 15 is 0 Å². The highest BCUT2D eigenvalue weighted by Crippen LogP contribution is 2.15. The number of carbonyl (C=O) groups is 3. The van der Waals surface area contributed by atoms with Gasteiger partial charge in [-0.05, 0) is 70.6 Å². The molecule has 0 aliphatic carbocycles. The highest BCUT2D eigenvalue weighted by atomic mass is 16.6. The van der Waals surface area contributed by atoms with Crippen molar-refractivity contribution in [2.24, 2.45) is 0 Å². The Morgan fingerprint density at radius 1 is 0.525 bits per heavy atom. The van der Waals surface area contributed by atoms with Gasteiger partial charge in [0.05, 0.1) is 34.4 Å². The van der Waals surface area contributed by atoms with Crippen LogP contribution in [-0.4, -0.2) is 80.6 Å². The molecule has 0 radical (unpaired) electrons. The number of hydrogen-bond donors (Lipinski definition) is 1. The van der Waals surface area contributed by atoms with E-state index in [1.54, 1.807) is 0 Å². The highest BCUT2D eigenvalue weighted by Gasteiger charge is 2.31. The molecule has 1 N–H and O–H groups in total. The van der Waals surface area contributed by atoms with Gasteiger partial charge in [0.2, 0.25) is 0 Å². The van der Waals surface area contributed by atoms with Crippen LogP contribution in [0.1, 0.15) is 206 Å². The van der Waals surface area contributed by atoms with E-state index < -0.39 is 18.1 Å². The molecule has 0 bridgehead atoms. The van der Waals surface area contributed by atoms with Gasteiger partial charge in [-0.3, -0.25) is 9.59 Å². The Kier molecular flexibility index (Phi) is 40.1. The number of likely N-dealkylation sites (N-methyl/N-ethyl adjacent to an activating group) is 1. The molecule has 0 saturated heterocycles. The number of rotatable bonds is 43. The number of nitrogens with zero attached hydrogens (tertiary/aromatic N) is 1. The van der Waals surface area contributed by atoms with Gasteiger partial charge in [-0.25, -0.2) is 4.79 Å². The zero-order valence-corrected chi connectivity index (χ0v) is 39.0. The average molecular weight is 831 g/mol. The van der Waals surface area contributed by atoms with E-state index in [9.17, 15) is 19.5 Å². The summed E-state index contributed by atoms with van der Waals surface area (Å²) in [4.78, 5) is 37.0. The Bertz CT molecular complexity index is 1110. The zero-order chi connectivity index (χ0) is 43.5. The molecule has 0 rings (SSSR count). The molecule has 8 nitrogen and oxygen atoms in total. The number of aliphatic carboxylic acids is 1. The molecule has 0 saturated carbocycles. The summed E-state index contributed by atoms with van der Waals surface area (Å²) in [5.74, 6) is -1.48. The summed E-state index contributed by atoms with van der Waals surface area (Å²) in [6, 6.07) is -0.616. The third-order valence-electron chi connectivity index (χ3n) is 10.7. The standard InChI is InChI=1S/C51H91NO7/c1-6-8-10-12-14-16-18-20-21-22-23-24-25-26-27-28-29-30-32-33-35-37-39-41-49(53)58-46-47(45-57-44-43-48(51(55)56)52(3,4)5)59-50(54)42-40-38-36-34-31-19-17-15-13-11-9-7-2/h8,10,14-17,20-21,47-48H,6-7,9,11-13,18-19,22-46H2,1-5H3/p+1/b10-8+,16-14+,17-15+,21-20+. The molecule has 59 heavy (non-hydrogen) atoms. The summed E-state index contributed by atoms with van der Waals surface area (Å²) >= 11 is 0. The number of ether oxygens (including phenoxy) is 3. The van der Waals surface area contributed by atoms with Gasteiger partial charge < -0.3 is 23.8 Å². The lowest BCUT2D eigenvalue weighted by Crippen LogP contribution is -2.50. The van der Waals surface area contributed by atoms with E-state index in [4.69, 9.17) is 14.2 Å². The van der Waals surface area contributed by atoms with E-state index in [1.807, 2.05) is 21.1 Å². The number of carbonyl (C=O) groups excluding carboxylic acids is 2. The van der Waals surface area contributed by atoms with Crippen LogP contribution in [0.3, 0.4) is 0 Å². The third kappa shape index (κ3) is 40.5. The van der Waals surface area contributed by atoms with Gasteiger partial charge in [0.25, 0.3) is 0 Å². The summed E-state index contributed by atoms with van der Waals surface area (Å²) in [6.07, 6.45) is 50.2. The van der Waals surface area contributed by atoms with Gasteiger partial charge in [-0.15, -0.1) is 0 Å². The van der Waals surface area contributed by atoms with Crippen LogP contribution in [0.15, 0.2) is 48.6 Å². The normalized spacial score (nSPS) is 13.3. The number of quaternary nitrogens is 1. The fraction of sp³-hybridized carbons (Fsp3) is 0.784. The van der Waals surface area contributed by atoms with Crippen LogP contribution in [0.5, 0.6) is 0 Å². The molecule has 8 heteroatoms. The van der Waals surface area contributed by atoms with Crippen LogP contribution in [-0.2, 0) is 28.6 Å². The molecule has 0 aliphatic rings. The lowest BCUT2D eigenvalue weighted by Gasteiger charge is -2.31. The summed E-state index contributed by atoms with van der Waals surface area (Å²) in [6.45, 7) is 4.60. The predicted octanol–water partition coefficient (Wildman–Crippen LogP) is 13.6. The first kappa shape index (κ1) is 56.3. The minimum absolute atomic E-state index is 0.0542. The summed E-state index contributed by atoms with van der Waals surface area (Å²) in [5.41, 5.74) is 0. The fourth-order valence-electron chi connectivity index (χ4n) is 6.98. The first-order chi connectivity index (χ1) is 28.6. The first-order valence-electron chi connectivity index (χ1n) is 24.2. The van der Waals surface area contributed by atoms with Gasteiger partial charge >= 0.3 is 17.9 Å². The monoisotopic (exact) mass is 831 g/mol. The molecule has 2 unspecified atom stereocenters. The van der Waals surface area contributed by atoms with Crippen molar-refractivity contribution in [2.45, 2.75) is 219 Å². The van der Waals surface area contributed by atoms with Crippen LogP contribution in [0.4, 0.5) is 0 Å². The quantitative estimate of drug-likeness (QED) is 0.0283. The SMILES string of the molecule is CC/C=C/C/C=C/C/C=C/CCCCCCCCCCCCCCCC(=O)OCC(COCCC(C(=O)O)[N+](C)(C)C)OC(=O)CCCCCCC/C=C/CCCCC. The van der Waals surface area contributed by atoms with Crippen LogP contribution >= 0.6 is 0 Å². The largest absolute Gasteiger partial charge is 0.477 e. The second kappa shape index (κ2) is 42.0. The van der Waals surface area contributed by atoms with E-state index in [1.165, 1.54) is 103 Å². The van der Waals surface area contributed by atoms with Crippen molar-refractivity contribution in [3.8, 4) is 0 Å². The number of esters is 2. The van der Waals surface area contributed by atoms with Gasteiger partial charge in [-0.1, -0.05) is 165 Å². The number of unbranched alkanes of at least 4 members (excludes halogenated alkanes) is 21. The molecule has 0 aliphatic heterocycles. The Labute approximate surface area is 363 Å². The lowest BCUT2D eigenvalue weighted by molar-refractivity contribution is -0.887. The highest BCUT2D eigenvalue weighted by molar-refractivity contribution is 5.72. The van der Waals surface area contributed by atoms with Crippen LogP contribution in [0.2, 0.25) is 0 Å². The molecular formula is C51H92NO7+. The molecule has 342 valence electrons. The van der Waals surface area contributed by atoms with Gasteiger partial charge in [0.15, 0.2) is 12.1 Å². The minimum Gasteiger partial charge on any atom is -0.477 e. The summed E-state index contributed by atoms with van der Waals surface area (Å²) < 4.78 is 17.3. The van der Waals surface area contributed by atoms with Crippen molar-refractivity contribution in [3.05, 3.63) is 48.6 Å². The number of carboxylic acids is 1. The van der Waals surface area contributed by atoms with Crippen molar-refractivity contribution in [2.75, 3.05) is 41.0 Å². The predicted molar refractivity (Wildman–Crippen MR) is 248 cm³/mol. The maximum atomic E-state index is 12.7. The smallest absolute Gasteiger partial charge is 0.362 e. The van der Waals surface area contributed by atoms with Crippen molar-refractivity contribution in [1.82, 2.24) is 0 Å². The van der Waals surface area contributed by atoms with Crippen LogP contribution in [0.25, 0.3) is 0 Å². The summed E-state index contributed by atoms with van der Waals surface area (Å²) in [7, 11) is 5.53. The number of hydrogen-bond acceptors (Lipinski definition) is 6. The van der Waals surface area contributed by atoms with Crippen molar-refractivity contribution in [1.29, 1.82) is 0 Å². The second-order valence-electron chi connectivity index (χ2n) is 17.3. The van der Waals surface area contributed by atoms with Crippen molar-refractivity contribution >= 4 is 17.9 Å². The average Bonchev–Trinajstić information content (AvgIpc) is 3.19. The van der Waals surface area contributed by atoms with Gasteiger partial charge in [-0.2, -0.15) is 0 Å². The summed E-state index contributed by atoms with van der Waals surface area (Å²) in [5, 5.41) is 9.63. The maximum Gasteiger partial charge on any atom is 0.362 e. The number of carboxylic acid groups (broad SMARTS) is 1. The molecule has 0 amide bonds. The van der Waals surface area contributed by atoms with Crippen molar-refractivity contribution in [3.63, 3.8) is 0 Å². The van der Waals surface area contributed by atoms with Crippen LogP contribution in [0, 0.1) is 0 Å². The molecule has 0 fully saturated rings. The van der Waals surface area contributed by atoms with Gasteiger partial charge in [0, 0.05) is 19.3 Å². The maximum absolute atomic E-state index is 12.7. The van der Waals surface area contributed by atoms with Crippen LogP contribution < -0.4 is 0 Å².